The third-order valence-corrected chi connectivity index (χ3v) is 8.37. The zero-order chi connectivity index (χ0) is 29.5. The predicted octanol–water partition coefficient (Wildman–Crippen LogP) is 5.04. The number of thiophene rings is 1. The summed E-state index contributed by atoms with van der Waals surface area (Å²) in [5.74, 6) is -1.81. The zero-order valence-corrected chi connectivity index (χ0v) is 24.0. The molecule has 2 saturated heterocycles. The number of aliphatic carboxylic acids is 1. The first-order valence-corrected chi connectivity index (χ1v) is 14.8. The van der Waals surface area contributed by atoms with Gasteiger partial charge in [0.15, 0.2) is 0 Å². The maximum atomic E-state index is 10.6. The standard InChI is InChI=1S/C28H33N5OS.C2HF3O2/c1-2-7-26-25(6-1)29-28(30-26)27-19-24(21-35-27)23-5-3-4-22(18-23)20-33-12-10-31(11-13-33)8-9-32-14-16-34-17-15-32;3-2(4,5)1(6)7/h1-7,18-19,21H,8-17,20H2,(H,29,30);(H,6,7). The molecule has 42 heavy (non-hydrogen) atoms. The van der Waals surface area contributed by atoms with Crippen molar-refractivity contribution in [1.82, 2.24) is 24.7 Å². The van der Waals surface area contributed by atoms with Crippen LogP contribution in [-0.4, -0.2) is 107 Å². The Morgan fingerprint density at radius 3 is 2.26 bits per heavy atom. The van der Waals surface area contributed by atoms with Crippen LogP contribution in [-0.2, 0) is 16.1 Å². The van der Waals surface area contributed by atoms with E-state index in [1.807, 2.05) is 12.1 Å². The third-order valence-electron chi connectivity index (χ3n) is 7.43. The van der Waals surface area contributed by atoms with Crippen LogP contribution in [0.5, 0.6) is 0 Å². The van der Waals surface area contributed by atoms with Crippen LogP contribution in [0, 0.1) is 0 Å². The molecule has 2 aliphatic heterocycles. The Morgan fingerprint density at radius 1 is 0.905 bits per heavy atom. The van der Waals surface area contributed by atoms with E-state index in [9.17, 15) is 13.2 Å². The van der Waals surface area contributed by atoms with Gasteiger partial charge in [0.05, 0.1) is 29.1 Å². The highest BCUT2D eigenvalue weighted by Gasteiger charge is 2.38. The molecule has 6 rings (SSSR count). The van der Waals surface area contributed by atoms with E-state index < -0.39 is 12.1 Å². The normalized spacial score (nSPS) is 17.2. The number of carboxylic acid groups (broad SMARTS) is 1. The van der Waals surface area contributed by atoms with Gasteiger partial charge >= 0.3 is 12.1 Å². The fourth-order valence-electron chi connectivity index (χ4n) is 5.07. The van der Waals surface area contributed by atoms with Gasteiger partial charge in [0, 0.05) is 58.9 Å². The second-order valence-electron chi connectivity index (χ2n) is 10.4. The highest BCUT2D eigenvalue weighted by molar-refractivity contribution is 7.13. The monoisotopic (exact) mass is 601 g/mol. The van der Waals surface area contributed by atoms with Gasteiger partial charge in [-0.3, -0.25) is 14.7 Å². The topological polar surface area (TPSA) is 84.9 Å². The van der Waals surface area contributed by atoms with Crippen LogP contribution in [0.2, 0.25) is 0 Å². The third kappa shape index (κ3) is 8.17. The molecule has 0 spiro atoms. The number of para-hydroxylation sites is 2. The zero-order valence-electron chi connectivity index (χ0n) is 23.1. The van der Waals surface area contributed by atoms with E-state index in [1.54, 1.807) is 11.3 Å². The number of ether oxygens (including phenoxy) is 1. The summed E-state index contributed by atoms with van der Waals surface area (Å²) in [7, 11) is 0. The second kappa shape index (κ2) is 13.8. The summed E-state index contributed by atoms with van der Waals surface area (Å²) in [5, 5.41) is 9.37. The highest BCUT2D eigenvalue weighted by atomic mass is 32.1. The number of benzene rings is 2. The Balaban J connectivity index is 0.000000451. The first-order chi connectivity index (χ1) is 20.2. The van der Waals surface area contributed by atoms with E-state index in [-0.39, 0.29) is 0 Å². The number of nitrogens with one attached hydrogen (secondary N) is 1. The summed E-state index contributed by atoms with van der Waals surface area (Å²) in [6, 6.07) is 19.5. The van der Waals surface area contributed by atoms with E-state index in [4.69, 9.17) is 19.6 Å². The number of imidazole rings is 1. The Morgan fingerprint density at radius 2 is 1.57 bits per heavy atom. The molecule has 224 valence electrons. The second-order valence-corrected chi connectivity index (χ2v) is 11.3. The fourth-order valence-corrected chi connectivity index (χ4v) is 5.93. The lowest BCUT2D eigenvalue weighted by Crippen LogP contribution is -2.49. The number of morpholine rings is 1. The summed E-state index contributed by atoms with van der Waals surface area (Å²) >= 11 is 1.75. The van der Waals surface area contributed by atoms with Crippen molar-refractivity contribution in [3.63, 3.8) is 0 Å². The van der Waals surface area contributed by atoms with Crippen LogP contribution in [0.4, 0.5) is 13.2 Å². The quantitative estimate of drug-likeness (QED) is 0.307. The van der Waals surface area contributed by atoms with Crippen LogP contribution in [0.25, 0.3) is 32.9 Å². The van der Waals surface area contributed by atoms with E-state index in [0.717, 1.165) is 75.9 Å². The molecule has 0 radical (unpaired) electrons. The van der Waals surface area contributed by atoms with Crippen molar-refractivity contribution in [2.75, 3.05) is 65.6 Å². The van der Waals surface area contributed by atoms with E-state index in [1.165, 1.54) is 34.7 Å². The molecule has 4 heterocycles. The van der Waals surface area contributed by atoms with Gasteiger partial charge in [-0.2, -0.15) is 13.2 Å². The number of aromatic nitrogens is 2. The molecule has 2 N–H and O–H groups in total. The number of aromatic amines is 1. The molecule has 0 bridgehead atoms. The first kappa shape index (κ1) is 30.2. The van der Waals surface area contributed by atoms with Crippen molar-refractivity contribution >= 4 is 28.3 Å². The average Bonchev–Trinajstić information content (AvgIpc) is 3.65. The van der Waals surface area contributed by atoms with Crippen molar-refractivity contribution in [3.8, 4) is 21.8 Å². The molecule has 0 atom stereocenters. The van der Waals surface area contributed by atoms with Crippen molar-refractivity contribution < 1.29 is 27.8 Å². The Bertz CT molecular complexity index is 1430. The number of H-pyrrole nitrogens is 1. The van der Waals surface area contributed by atoms with Gasteiger partial charge in [0.1, 0.15) is 5.82 Å². The van der Waals surface area contributed by atoms with Crippen LogP contribution in [0.3, 0.4) is 0 Å². The molecule has 0 amide bonds. The summed E-state index contributed by atoms with van der Waals surface area (Å²) < 4.78 is 37.2. The van der Waals surface area contributed by atoms with Crippen molar-refractivity contribution in [1.29, 1.82) is 0 Å². The van der Waals surface area contributed by atoms with Gasteiger partial charge in [-0.15, -0.1) is 11.3 Å². The molecule has 2 fully saturated rings. The van der Waals surface area contributed by atoms with Gasteiger partial charge in [-0.05, 0) is 46.3 Å². The molecule has 2 aromatic carbocycles. The number of rotatable bonds is 7. The van der Waals surface area contributed by atoms with Crippen LogP contribution in [0.1, 0.15) is 5.56 Å². The summed E-state index contributed by atoms with van der Waals surface area (Å²) in [6.45, 7) is 11.9. The smallest absolute Gasteiger partial charge is 0.475 e. The molecule has 12 heteroatoms. The van der Waals surface area contributed by atoms with Gasteiger partial charge in [-0.1, -0.05) is 30.3 Å². The van der Waals surface area contributed by atoms with Crippen LogP contribution >= 0.6 is 11.3 Å². The van der Waals surface area contributed by atoms with Gasteiger partial charge < -0.3 is 14.8 Å². The number of alkyl halides is 3. The lowest BCUT2D eigenvalue weighted by molar-refractivity contribution is -0.192. The van der Waals surface area contributed by atoms with Gasteiger partial charge in [-0.25, -0.2) is 9.78 Å². The number of fused-ring (bicyclic) bond motifs is 1. The lowest BCUT2D eigenvalue weighted by atomic mass is 10.0. The summed E-state index contributed by atoms with van der Waals surface area (Å²) in [5.41, 5.74) is 6.03. The minimum absolute atomic E-state index is 0.888. The van der Waals surface area contributed by atoms with Gasteiger partial charge in [0.25, 0.3) is 0 Å². The fraction of sp³-hybridized carbons (Fsp3) is 0.400. The lowest BCUT2D eigenvalue weighted by Gasteiger charge is -2.36. The molecular weight excluding hydrogens is 567 g/mol. The van der Waals surface area contributed by atoms with E-state index >= 15 is 0 Å². The molecule has 2 aromatic heterocycles. The van der Waals surface area contributed by atoms with E-state index in [0.29, 0.717) is 0 Å². The minimum Gasteiger partial charge on any atom is -0.475 e. The van der Waals surface area contributed by atoms with Crippen molar-refractivity contribution in [3.05, 3.63) is 65.5 Å². The number of nitrogens with zero attached hydrogens (tertiary/aromatic N) is 4. The number of hydrogen-bond donors (Lipinski definition) is 2. The Hall–Kier alpha value is -3.29. The van der Waals surface area contributed by atoms with E-state index in [2.05, 4.69) is 67.5 Å². The minimum atomic E-state index is -5.08. The molecular formula is C30H34F3N5O3S. The maximum absolute atomic E-state index is 10.6. The molecule has 0 saturated carbocycles. The number of hydrogen-bond acceptors (Lipinski definition) is 7. The first-order valence-electron chi connectivity index (χ1n) is 13.9. The molecule has 8 nitrogen and oxygen atoms in total. The average molecular weight is 602 g/mol. The Labute approximate surface area is 246 Å². The maximum Gasteiger partial charge on any atom is 0.490 e. The number of halogens is 3. The molecule has 2 aliphatic rings. The molecule has 4 aromatic rings. The number of piperazine rings is 1. The van der Waals surface area contributed by atoms with Crippen molar-refractivity contribution in [2.24, 2.45) is 0 Å². The van der Waals surface area contributed by atoms with Gasteiger partial charge in [0.2, 0.25) is 0 Å². The van der Waals surface area contributed by atoms with Crippen molar-refractivity contribution in [2.45, 2.75) is 12.7 Å². The summed E-state index contributed by atoms with van der Waals surface area (Å²) in [6.07, 6.45) is -5.08. The van der Waals surface area contributed by atoms with Crippen LogP contribution < -0.4 is 0 Å². The predicted molar refractivity (Wildman–Crippen MR) is 158 cm³/mol. The number of carbonyl (C=O) groups is 1. The molecule has 0 aliphatic carbocycles. The largest absolute Gasteiger partial charge is 0.490 e. The highest BCUT2D eigenvalue weighted by Crippen LogP contribution is 2.32. The van der Waals surface area contributed by atoms with Crippen LogP contribution in [0.15, 0.2) is 60.0 Å². The number of carboxylic acids is 1. The molecule has 0 unspecified atom stereocenters. The summed E-state index contributed by atoms with van der Waals surface area (Å²) in [4.78, 5) is 26.0. The SMILES string of the molecule is O=C(O)C(F)(F)F.c1cc(CN2CCN(CCN3CCOCC3)CC2)cc(-c2csc(-c3nc4ccccc4[nH]3)c2)c1. The Kier molecular flexibility index (Phi) is 9.91.